The van der Waals surface area contributed by atoms with Gasteiger partial charge in [-0.2, -0.15) is 4.98 Å². The summed E-state index contributed by atoms with van der Waals surface area (Å²) in [7, 11) is 1.39. The van der Waals surface area contributed by atoms with Crippen LogP contribution >= 0.6 is 0 Å². The second-order valence-corrected chi connectivity index (χ2v) is 4.73. The Bertz CT molecular complexity index is 413. The Morgan fingerprint density at radius 2 is 2.21 bits per heavy atom. The summed E-state index contributed by atoms with van der Waals surface area (Å²) in [6, 6.07) is 0. The number of carbonyl (C=O) groups excluding carboxylic acids is 1. The quantitative estimate of drug-likeness (QED) is 0.735. The standard InChI is InChI=1S/C13H20N2O4/c1-3-18-8-10-14-12(19-15-10)11(13(16)17-2)9-6-4-5-7-9/h9,11H,3-8H2,1-2H3. The molecular weight excluding hydrogens is 248 g/mol. The summed E-state index contributed by atoms with van der Waals surface area (Å²) in [6.45, 7) is 2.79. The summed E-state index contributed by atoms with van der Waals surface area (Å²) >= 11 is 0. The topological polar surface area (TPSA) is 74.5 Å². The van der Waals surface area contributed by atoms with Gasteiger partial charge >= 0.3 is 5.97 Å². The molecule has 0 amide bonds. The molecule has 19 heavy (non-hydrogen) atoms. The van der Waals surface area contributed by atoms with Crippen LogP contribution in [0.15, 0.2) is 4.52 Å². The zero-order chi connectivity index (χ0) is 13.7. The number of ether oxygens (including phenoxy) is 2. The second kappa shape index (κ2) is 6.65. The van der Waals surface area contributed by atoms with E-state index in [0.717, 1.165) is 25.7 Å². The molecule has 0 bridgehead atoms. The Kier molecular flexibility index (Phi) is 4.90. The molecule has 0 saturated heterocycles. The second-order valence-electron chi connectivity index (χ2n) is 4.73. The van der Waals surface area contributed by atoms with E-state index >= 15 is 0 Å². The highest BCUT2D eigenvalue weighted by Gasteiger charge is 2.37. The molecule has 1 atom stereocenters. The fraction of sp³-hybridized carbons (Fsp3) is 0.769. The maximum atomic E-state index is 11.9. The molecule has 106 valence electrons. The summed E-state index contributed by atoms with van der Waals surface area (Å²) in [6.07, 6.45) is 4.28. The first-order chi connectivity index (χ1) is 9.26. The Labute approximate surface area is 112 Å². The van der Waals surface area contributed by atoms with Crippen LogP contribution in [0.4, 0.5) is 0 Å². The van der Waals surface area contributed by atoms with Crippen molar-refractivity contribution in [2.24, 2.45) is 5.92 Å². The largest absolute Gasteiger partial charge is 0.468 e. The molecule has 0 aromatic carbocycles. The zero-order valence-corrected chi connectivity index (χ0v) is 11.4. The average molecular weight is 268 g/mol. The van der Waals surface area contributed by atoms with Gasteiger partial charge in [0.1, 0.15) is 12.5 Å². The van der Waals surface area contributed by atoms with Crippen LogP contribution in [0, 0.1) is 5.92 Å². The fourth-order valence-electron chi connectivity index (χ4n) is 2.56. The van der Waals surface area contributed by atoms with Crippen molar-refractivity contribution in [2.45, 2.75) is 45.1 Å². The van der Waals surface area contributed by atoms with Crippen LogP contribution in [0.5, 0.6) is 0 Å². The maximum Gasteiger partial charge on any atom is 0.318 e. The predicted octanol–water partition coefficient (Wildman–Crippen LogP) is 2.05. The van der Waals surface area contributed by atoms with E-state index in [1.54, 1.807) is 0 Å². The van der Waals surface area contributed by atoms with Crippen molar-refractivity contribution in [2.75, 3.05) is 13.7 Å². The fourth-order valence-corrected chi connectivity index (χ4v) is 2.56. The SMILES string of the molecule is CCOCc1noc(C(C(=O)OC)C2CCCC2)n1. The Morgan fingerprint density at radius 1 is 1.47 bits per heavy atom. The van der Waals surface area contributed by atoms with Crippen molar-refractivity contribution in [3.8, 4) is 0 Å². The molecule has 0 radical (unpaired) electrons. The van der Waals surface area contributed by atoms with Crippen LogP contribution in [-0.2, 0) is 20.9 Å². The van der Waals surface area contributed by atoms with E-state index in [0.29, 0.717) is 24.9 Å². The predicted molar refractivity (Wildman–Crippen MR) is 66.3 cm³/mol. The maximum absolute atomic E-state index is 11.9. The molecule has 1 fully saturated rings. The normalized spacial score (nSPS) is 17.6. The van der Waals surface area contributed by atoms with Crippen LogP contribution in [0.2, 0.25) is 0 Å². The van der Waals surface area contributed by atoms with Crippen molar-refractivity contribution in [1.29, 1.82) is 0 Å². The number of aromatic nitrogens is 2. The van der Waals surface area contributed by atoms with E-state index in [1.807, 2.05) is 6.92 Å². The molecule has 2 rings (SSSR count). The molecule has 6 nitrogen and oxygen atoms in total. The number of methoxy groups -OCH3 is 1. The third kappa shape index (κ3) is 3.32. The Hall–Kier alpha value is -1.43. The van der Waals surface area contributed by atoms with Crippen LogP contribution in [0.3, 0.4) is 0 Å². The molecule has 1 saturated carbocycles. The van der Waals surface area contributed by atoms with Crippen LogP contribution in [0.25, 0.3) is 0 Å². The Balaban J connectivity index is 2.12. The highest BCUT2D eigenvalue weighted by atomic mass is 16.5. The molecule has 0 spiro atoms. The van der Waals surface area contributed by atoms with Crippen molar-refractivity contribution in [3.63, 3.8) is 0 Å². The van der Waals surface area contributed by atoms with E-state index in [1.165, 1.54) is 7.11 Å². The molecule has 1 unspecified atom stereocenters. The zero-order valence-electron chi connectivity index (χ0n) is 11.4. The number of hydrogen-bond acceptors (Lipinski definition) is 6. The number of esters is 1. The molecule has 1 aromatic rings. The van der Waals surface area contributed by atoms with E-state index in [9.17, 15) is 4.79 Å². The summed E-state index contributed by atoms with van der Waals surface area (Å²) in [5, 5.41) is 3.84. The van der Waals surface area contributed by atoms with Gasteiger partial charge in [-0.3, -0.25) is 4.79 Å². The number of nitrogens with zero attached hydrogens (tertiary/aromatic N) is 2. The van der Waals surface area contributed by atoms with Crippen LogP contribution in [-0.4, -0.2) is 29.8 Å². The van der Waals surface area contributed by atoms with Gasteiger partial charge in [-0.1, -0.05) is 18.0 Å². The van der Waals surface area contributed by atoms with Crippen LogP contribution < -0.4 is 0 Å². The van der Waals surface area contributed by atoms with Gasteiger partial charge in [0.05, 0.1) is 7.11 Å². The van der Waals surface area contributed by atoms with Gasteiger partial charge in [0.15, 0.2) is 5.82 Å². The van der Waals surface area contributed by atoms with Gasteiger partial charge < -0.3 is 14.0 Å². The molecule has 6 heteroatoms. The average Bonchev–Trinajstić information content (AvgIpc) is 3.08. The molecule has 1 aromatic heterocycles. The summed E-state index contributed by atoms with van der Waals surface area (Å²) < 4.78 is 15.3. The van der Waals surface area contributed by atoms with E-state index in [4.69, 9.17) is 14.0 Å². The lowest BCUT2D eigenvalue weighted by molar-refractivity contribution is -0.144. The minimum atomic E-state index is -0.435. The third-order valence-electron chi connectivity index (χ3n) is 3.51. The summed E-state index contributed by atoms with van der Waals surface area (Å²) in [5.74, 6) is 0.346. The monoisotopic (exact) mass is 268 g/mol. The van der Waals surface area contributed by atoms with E-state index in [2.05, 4.69) is 10.1 Å². The van der Waals surface area contributed by atoms with Crippen molar-refractivity contribution in [1.82, 2.24) is 10.1 Å². The molecule has 1 aliphatic rings. The van der Waals surface area contributed by atoms with Crippen molar-refractivity contribution < 1.29 is 18.8 Å². The lowest BCUT2D eigenvalue weighted by Crippen LogP contribution is -2.22. The van der Waals surface area contributed by atoms with Gasteiger partial charge in [0, 0.05) is 6.61 Å². The minimum Gasteiger partial charge on any atom is -0.468 e. The first kappa shape index (κ1) is 14.0. The first-order valence-electron chi connectivity index (χ1n) is 6.74. The first-order valence-corrected chi connectivity index (χ1v) is 6.74. The van der Waals surface area contributed by atoms with Gasteiger partial charge in [-0.25, -0.2) is 0 Å². The Morgan fingerprint density at radius 3 is 2.84 bits per heavy atom. The van der Waals surface area contributed by atoms with Crippen molar-refractivity contribution >= 4 is 5.97 Å². The van der Waals surface area contributed by atoms with Gasteiger partial charge in [0.25, 0.3) is 0 Å². The summed E-state index contributed by atoms with van der Waals surface area (Å²) in [5.41, 5.74) is 0. The smallest absolute Gasteiger partial charge is 0.318 e. The molecule has 0 aliphatic heterocycles. The number of hydrogen-bond donors (Lipinski definition) is 0. The molecule has 1 heterocycles. The van der Waals surface area contributed by atoms with E-state index < -0.39 is 5.92 Å². The van der Waals surface area contributed by atoms with E-state index in [-0.39, 0.29) is 11.9 Å². The van der Waals surface area contributed by atoms with Gasteiger partial charge in [-0.05, 0) is 25.7 Å². The van der Waals surface area contributed by atoms with Crippen LogP contribution in [0.1, 0.15) is 50.2 Å². The molecule has 1 aliphatic carbocycles. The summed E-state index contributed by atoms with van der Waals surface area (Å²) in [4.78, 5) is 16.2. The highest BCUT2D eigenvalue weighted by molar-refractivity contribution is 5.77. The molecule has 0 N–H and O–H groups in total. The minimum absolute atomic E-state index is 0.243. The number of carbonyl (C=O) groups is 1. The lowest BCUT2D eigenvalue weighted by atomic mass is 9.91. The van der Waals surface area contributed by atoms with Gasteiger partial charge in [0.2, 0.25) is 5.89 Å². The third-order valence-corrected chi connectivity index (χ3v) is 3.51. The molecular formula is C13H20N2O4. The van der Waals surface area contributed by atoms with Crippen molar-refractivity contribution in [3.05, 3.63) is 11.7 Å². The lowest BCUT2D eigenvalue weighted by Gasteiger charge is -2.16. The number of rotatable bonds is 6. The van der Waals surface area contributed by atoms with Gasteiger partial charge in [-0.15, -0.1) is 0 Å². The highest BCUT2D eigenvalue weighted by Crippen LogP contribution is 2.37.